The summed E-state index contributed by atoms with van der Waals surface area (Å²) >= 11 is 0. The van der Waals surface area contributed by atoms with Gasteiger partial charge in [0.05, 0.1) is 11.0 Å². The summed E-state index contributed by atoms with van der Waals surface area (Å²) in [5.74, 6) is 0. The van der Waals surface area contributed by atoms with Gasteiger partial charge in [-0.1, -0.05) is 12.1 Å². The molecule has 1 heterocycles. The normalized spacial score (nSPS) is 12.0. The van der Waals surface area contributed by atoms with Gasteiger partial charge < -0.3 is 4.57 Å². The van der Waals surface area contributed by atoms with Crippen molar-refractivity contribution in [3.63, 3.8) is 0 Å². The molecule has 0 unspecified atom stereocenters. The quantitative estimate of drug-likeness (QED) is 0.690. The zero-order chi connectivity index (χ0) is 11.9. The van der Waals surface area contributed by atoms with Crippen LogP contribution in [0.3, 0.4) is 0 Å². The summed E-state index contributed by atoms with van der Waals surface area (Å²) in [6.45, 7) is 0. The molecular formula is C10H7F3N2O. The first kappa shape index (κ1) is 10.7. The smallest absolute Gasteiger partial charge is 0.308 e. The van der Waals surface area contributed by atoms with Crippen molar-refractivity contribution in [3.05, 3.63) is 40.3 Å². The Balaban J connectivity index is 2.90. The molecule has 0 aliphatic heterocycles. The third-order valence-corrected chi connectivity index (χ3v) is 2.25. The van der Waals surface area contributed by atoms with Gasteiger partial charge in [-0.2, -0.15) is 13.2 Å². The number of para-hydroxylation sites is 2. The van der Waals surface area contributed by atoms with Gasteiger partial charge in [0.15, 0.2) is 0 Å². The predicted octanol–water partition coefficient (Wildman–Crippen LogP) is 1.95. The number of benzene rings is 1. The molecule has 0 radical (unpaired) electrons. The van der Waals surface area contributed by atoms with Crippen LogP contribution in [0.2, 0.25) is 0 Å². The third-order valence-electron chi connectivity index (χ3n) is 2.25. The standard InChI is InChI=1S/C10H7F3N2O/c1-15-7-5-3-2-4-6(7)14-8(9(15)16)10(11,12)13/h2-5H,1H3. The van der Waals surface area contributed by atoms with Crippen LogP contribution in [0.25, 0.3) is 11.0 Å². The average Bonchev–Trinajstić information content (AvgIpc) is 2.22. The summed E-state index contributed by atoms with van der Waals surface area (Å²) < 4.78 is 38.4. The van der Waals surface area contributed by atoms with Gasteiger partial charge in [-0.25, -0.2) is 4.98 Å². The van der Waals surface area contributed by atoms with Gasteiger partial charge in [0, 0.05) is 7.05 Å². The highest BCUT2D eigenvalue weighted by atomic mass is 19.4. The fraction of sp³-hybridized carbons (Fsp3) is 0.200. The summed E-state index contributed by atoms with van der Waals surface area (Å²) in [6, 6.07) is 6.19. The number of hydrogen-bond acceptors (Lipinski definition) is 2. The molecule has 6 heteroatoms. The zero-order valence-corrected chi connectivity index (χ0v) is 8.25. The van der Waals surface area contributed by atoms with Crippen molar-refractivity contribution in [2.45, 2.75) is 6.18 Å². The van der Waals surface area contributed by atoms with Crippen LogP contribution in [0.4, 0.5) is 13.2 Å². The Kier molecular flexibility index (Phi) is 2.22. The summed E-state index contributed by atoms with van der Waals surface area (Å²) in [4.78, 5) is 14.8. The van der Waals surface area contributed by atoms with Crippen LogP contribution in [-0.4, -0.2) is 9.55 Å². The largest absolute Gasteiger partial charge is 0.438 e. The van der Waals surface area contributed by atoms with Gasteiger partial charge >= 0.3 is 6.18 Å². The summed E-state index contributed by atoms with van der Waals surface area (Å²) in [7, 11) is 1.29. The molecule has 0 aliphatic rings. The van der Waals surface area contributed by atoms with E-state index in [-0.39, 0.29) is 5.52 Å². The zero-order valence-electron chi connectivity index (χ0n) is 8.25. The molecule has 0 aliphatic carbocycles. The molecule has 0 amide bonds. The Hall–Kier alpha value is -1.85. The average molecular weight is 228 g/mol. The van der Waals surface area contributed by atoms with Crippen LogP contribution in [0.15, 0.2) is 29.1 Å². The lowest BCUT2D eigenvalue weighted by molar-refractivity contribution is -0.142. The fourth-order valence-electron chi connectivity index (χ4n) is 1.46. The molecule has 0 saturated heterocycles. The van der Waals surface area contributed by atoms with E-state index in [4.69, 9.17) is 0 Å². The van der Waals surface area contributed by atoms with E-state index in [1.165, 1.54) is 13.1 Å². The number of alkyl halides is 3. The second-order valence-corrected chi connectivity index (χ2v) is 3.31. The first-order chi connectivity index (χ1) is 7.41. The maximum absolute atomic E-state index is 12.5. The highest BCUT2D eigenvalue weighted by molar-refractivity contribution is 5.74. The number of aromatic nitrogens is 2. The molecule has 0 N–H and O–H groups in total. The summed E-state index contributed by atoms with van der Waals surface area (Å²) in [5.41, 5.74) is -1.99. The van der Waals surface area contributed by atoms with E-state index in [2.05, 4.69) is 4.98 Å². The van der Waals surface area contributed by atoms with Gasteiger partial charge in [-0.15, -0.1) is 0 Å². The lowest BCUT2D eigenvalue weighted by Gasteiger charge is -2.09. The van der Waals surface area contributed by atoms with Crippen molar-refractivity contribution in [3.8, 4) is 0 Å². The van der Waals surface area contributed by atoms with Crippen LogP contribution in [-0.2, 0) is 13.2 Å². The van der Waals surface area contributed by atoms with Gasteiger partial charge in [0.2, 0.25) is 5.69 Å². The highest BCUT2D eigenvalue weighted by Gasteiger charge is 2.36. The van der Waals surface area contributed by atoms with E-state index >= 15 is 0 Å². The van der Waals surface area contributed by atoms with Crippen LogP contribution in [0, 0.1) is 0 Å². The molecule has 0 saturated carbocycles. The summed E-state index contributed by atoms with van der Waals surface area (Å²) in [5, 5.41) is 0. The van der Waals surface area contributed by atoms with Crippen molar-refractivity contribution < 1.29 is 13.2 Å². The maximum atomic E-state index is 12.5. The second-order valence-electron chi connectivity index (χ2n) is 3.31. The first-order valence-electron chi connectivity index (χ1n) is 4.44. The van der Waals surface area contributed by atoms with E-state index < -0.39 is 17.4 Å². The molecule has 0 spiro atoms. The number of aryl methyl sites for hydroxylation is 1. The predicted molar refractivity (Wildman–Crippen MR) is 52.0 cm³/mol. The van der Waals surface area contributed by atoms with E-state index in [1.54, 1.807) is 18.2 Å². The molecule has 0 bridgehead atoms. The minimum Gasteiger partial charge on any atom is -0.308 e. The van der Waals surface area contributed by atoms with Crippen molar-refractivity contribution in [1.82, 2.24) is 9.55 Å². The molecular weight excluding hydrogens is 221 g/mol. The molecule has 2 rings (SSSR count). The van der Waals surface area contributed by atoms with Gasteiger partial charge in [0.1, 0.15) is 0 Å². The van der Waals surface area contributed by atoms with Crippen molar-refractivity contribution in [2.24, 2.45) is 7.05 Å². The Morgan fingerprint density at radius 2 is 1.88 bits per heavy atom. The molecule has 16 heavy (non-hydrogen) atoms. The molecule has 0 atom stereocenters. The maximum Gasteiger partial charge on any atom is 0.438 e. The van der Waals surface area contributed by atoms with Crippen molar-refractivity contribution in [2.75, 3.05) is 0 Å². The van der Waals surface area contributed by atoms with E-state index in [1.807, 2.05) is 0 Å². The van der Waals surface area contributed by atoms with Crippen LogP contribution in [0.5, 0.6) is 0 Å². The van der Waals surface area contributed by atoms with E-state index in [0.29, 0.717) is 5.52 Å². The van der Waals surface area contributed by atoms with Crippen molar-refractivity contribution in [1.29, 1.82) is 0 Å². The fourth-order valence-corrected chi connectivity index (χ4v) is 1.46. The molecule has 1 aromatic carbocycles. The third kappa shape index (κ3) is 1.56. The number of halogens is 3. The van der Waals surface area contributed by atoms with Crippen LogP contribution >= 0.6 is 0 Å². The Morgan fingerprint density at radius 3 is 2.50 bits per heavy atom. The molecule has 3 nitrogen and oxygen atoms in total. The van der Waals surface area contributed by atoms with E-state index in [9.17, 15) is 18.0 Å². The van der Waals surface area contributed by atoms with Crippen LogP contribution < -0.4 is 5.56 Å². The summed E-state index contributed by atoms with van der Waals surface area (Å²) in [6.07, 6.45) is -4.72. The minimum absolute atomic E-state index is 0.150. The Bertz CT molecular complexity index is 601. The van der Waals surface area contributed by atoms with Gasteiger partial charge in [0.25, 0.3) is 5.56 Å². The van der Waals surface area contributed by atoms with Gasteiger partial charge in [-0.05, 0) is 12.1 Å². The first-order valence-corrected chi connectivity index (χ1v) is 4.44. The van der Waals surface area contributed by atoms with Crippen LogP contribution in [0.1, 0.15) is 5.69 Å². The molecule has 84 valence electrons. The number of rotatable bonds is 0. The minimum atomic E-state index is -4.72. The van der Waals surface area contributed by atoms with E-state index in [0.717, 1.165) is 4.57 Å². The number of fused-ring (bicyclic) bond motifs is 1. The lowest BCUT2D eigenvalue weighted by atomic mass is 10.3. The number of nitrogens with zero attached hydrogens (tertiary/aromatic N) is 2. The highest BCUT2D eigenvalue weighted by Crippen LogP contribution is 2.25. The lowest BCUT2D eigenvalue weighted by Crippen LogP contribution is -2.29. The van der Waals surface area contributed by atoms with Gasteiger partial charge in [-0.3, -0.25) is 4.79 Å². The SMILES string of the molecule is Cn1c(=O)c(C(F)(F)F)nc2ccccc21. The molecule has 0 fully saturated rings. The molecule has 1 aromatic heterocycles. The Labute approximate surface area is 88.2 Å². The second kappa shape index (κ2) is 3.33. The topological polar surface area (TPSA) is 34.9 Å². The molecule has 2 aromatic rings. The van der Waals surface area contributed by atoms with Crippen molar-refractivity contribution >= 4 is 11.0 Å². The Morgan fingerprint density at radius 1 is 1.25 bits per heavy atom. The monoisotopic (exact) mass is 228 g/mol. The number of hydrogen-bond donors (Lipinski definition) is 0.